The van der Waals surface area contributed by atoms with E-state index in [2.05, 4.69) is 0 Å². The summed E-state index contributed by atoms with van der Waals surface area (Å²) in [6.07, 6.45) is 0. The zero-order valence-corrected chi connectivity index (χ0v) is 12.4. The van der Waals surface area contributed by atoms with Gasteiger partial charge in [-0.2, -0.15) is 0 Å². The number of aromatic carboxylic acids is 1. The van der Waals surface area contributed by atoms with Crippen LogP contribution in [0.3, 0.4) is 0 Å². The third-order valence-electron chi connectivity index (χ3n) is 2.72. The van der Waals surface area contributed by atoms with Crippen LogP contribution in [0.15, 0.2) is 47.4 Å². The van der Waals surface area contributed by atoms with Crippen LogP contribution in [0.1, 0.15) is 15.9 Å². The van der Waals surface area contributed by atoms with Gasteiger partial charge in [0.1, 0.15) is 11.3 Å². The molecule has 0 atom stereocenters. The lowest BCUT2D eigenvalue weighted by atomic mass is 10.1. The summed E-state index contributed by atoms with van der Waals surface area (Å²) in [5, 5.41) is 9.73. The van der Waals surface area contributed by atoms with E-state index in [0.717, 1.165) is 16.2 Å². The summed E-state index contributed by atoms with van der Waals surface area (Å²) in [5.41, 5.74) is 1.18. The normalized spacial score (nSPS) is 10.3. The zero-order valence-electron chi connectivity index (χ0n) is 10.8. The highest BCUT2D eigenvalue weighted by molar-refractivity contribution is 7.98. The van der Waals surface area contributed by atoms with E-state index in [1.54, 1.807) is 30.0 Å². The summed E-state index contributed by atoms with van der Waals surface area (Å²) in [6.45, 7) is 0. The number of methoxy groups -OCH3 is 1. The van der Waals surface area contributed by atoms with Crippen molar-refractivity contribution in [2.45, 2.75) is 10.6 Å². The Morgan fingerprint density at radius 2 is 1.95 bits per heavy atom. The van der Waals surface area contributed by atoms with Crippen LogP contribution < -0.4 is 4.74 Å². The van der Waals surface area contributed by atoms with Crippen molar-refractivity contribution >= 4 is 29.3 Å². The summed E-state index contributed by atoms with van der Waals surface area (Å²) in [7, 11) is 1.47. The van der Waals surface area contributed by atoms with E-state index in [9.17, 15) is 4.79 Å². The number of thioether (sulfide) groups is 1. The van der Waals surface area contributed by atoms with E-state index in [4.69, 9.17) is 21.4 Å². The van der Waals surface area contributed by atoms with Crippen LogP contribution in [-0.4, -0.2) is 18.2 Å². The molecular weight excluding hydrogens is 296 g/mol. The second kappa shape index (κ2) is 6.68. The van der Waals surface area contributed by atoms with Crippen molar-refractivity contribution in [2.75, 3.05) is 7.11 Å². The maximum Gasteiger partial charge on any atom is 0.339 e. The van der Waals surface area contributed by atoms with Gasteiger partial charge in [-0.05, 0) is 42.0 Å². The van der Waals surface area contributed by atoms with Gasteiger partial charge in [0.2, 0.25) is 0 Å². The fourth-order valence-electron chi connectivity index (χ4n) is 1.70. The Hall–Kier alpha value is -1.65. The van der Waals surface area contributed by atoms with Crippen molar-refractivity contribution in [3.05, 3.63) is 58.6 Å². The molecule has 0 saturated carbocycles. The molecule has 5 heteroatoms. The summed E-state index contributed by atoms with van der Waals surface area (Å²) >= 11 is 7.49. The molecule has 0 aromatic heterocycles. The molecule has 2 aromatic rings. The summed E-state index contributed by atoms with van der Waals surface area (Å²) < 4.78 is 5.11. The molecule has 0 saturated heterocycles. The largest absolute Gasteiger partial charge is 0.496 e. The lowest BCUT2D eigenvalue weighted by Gasteiger charge is -2.08. The average Bonchev–Trinajstić information content (AvgIpc) is 2.46. The van der Waals surface area contributed by atoms with E-state index < -0.39 is 5.97 Å². The molecular formula is C15H13ClO3S. The Bertz CT molecular complexity index is 611. The van der Waals surface area contributed by atoms with Crippen molar-refractivity contribution in [1.29, 1.82) is 0 Å². The Kier molecular flexibility index (Phi) is 4.93. The Morgan fingerprint density at radius 3 is 2.55 bits per heavy atom. The Balaban J connectivity index is 2.10. The smallest absolute Gasteiger partial charge is 0.339 e. The molecule has 0 heterocycles. The second-order valence-corrected chi connectivity index (χ2v) is 5.57. The minimum atomic E-state index is -0.987. The van der Waals surface area contributed by atoms with Gasteiger partial charge < -0.3 is 9.84 Å². The fourth-order valence-corrected chi connectivity index (χ4v) is 2.67. The fraction of sp³-hybridized carbons (Fsp3) is 0.133. The first kappa shape index (κ1) is 14.8. The van der Waals surface area contributed by atoms with Crippen LogP contribution in [0.25, 0.3) is 0 Å². The third-order valence-corrected chi connectivity index (χ3v) is 4.05. The highest BCUT2D eigenvalue weighted by Gasteiger charge is 2.11. The van der Waals surface area contributed by atoms with Gasteiger partial charge in [0.05, 0.1) is 7.11 Å². The molecule has 20 heavy (non-hydrogen) atoms. The van der Waals surface area contributed by atoms with Gasteiger partial charge in [-0.1, -0.05) is 17.7 Å². The number of carbonyl (C=O) groups is 1. The van der Waals surface area contributed by atoms with Crippen LogP contribution in [0, 0.1) is 0 Å². The molecule has 0 aliphatic carbocycles. The zero-order chi connectivity index (χ0) is 14.5. The van der Waals surface area contributed by atoms with Crippen molar-refractivity contribution in [1.82, 2.24) is 0 Å². The molecule has 0 aliphatic heterocycles. The molecule has 0 unspecified atom stereocenters. The molecule has 0 aliphatic rings. The predicted octanol–water partition coefficient (Wildman–Crippen LogP) is 4.34. The Morgan fingerprint density at radius 1 is 1.25 bits per heavy atom. The van der Waals surface area contributed by atoms with Gasteiger partial charge in [0, 0.05) is 15.7 Å². The molecule has 0 amide bonds. The highest BCUT2D eigenvalue weighted by atomic mass is 35.5. The van der Waals surface area contributed by atoms with Crippen LogP contribution >= 0.6 is 23.4 Å². The van der Waals surface area contributed by atoms with Gasteiger partial charge in [-0.25, -0.2) is 4.79 Å². The molecule has 3 nitrogen and oxygen atoms in total. The van der Waals surface area contributed by atoms with Crippen LogP contribution in [0.4, 0.5) is 0 Å². The topological polar surface area (TPSA) is 46.5 Å². The van der Waals surface area contributed by atoms with Gasteiger partial charge >= 0.3 is 5.97 Å². The number of rotatable bonds is 5. The van der Waals surface area contributed by atoms with Gasteiger partial charge in [0.25, 0.3) is 0 Å². The maximum atomic E-state index is 11.0. The predicted molar refractivity (Wildman–Crippen MR) is 81.0 cm³/mol. The summed E-state index contributed by atoms with van der Waals surface area (Å²) in [4.78, 5) is 12.1. The first-order valence-electron chi connectivity index (χ1n) is 5.88. The first-order valence-corrected chi connectivity index (χ1v) is 7.25. The molecule has 0 bridgehead atoms. The number of carboxylic acid groups (broad SMARTS) is 1. The van der Waals surface area contributed by atoms with E-state index in [-0.39, 0.29) is 5.56 Å². The second-order valence-electron chi connectivity index (χ2n) is 4.08. The van der Waals surface area contributed by atoms with E-state index in [0.29, 0.717) is 10.8 Å². The highest BCUT2D eigenvalue weighted by Crippen LogP contribution is 2.27. The maximum absolute atomic E-state index is 11.0. The molecule has 2 rings (SSSR count). The molecule has 0 fully saturated rings. The average molecular weight is 309 g/mol. The van der Waals surface area contributed by atoms with Crippen LogP contribution in [-0.2, 0) is 5.75 Å². The molecule has 0 spiro atoms. The monoisotopic (exact) mass is 308 g/mol. The van der Waals surface area contributed by atoms with Crippen LogP contribution in [0.5, 0.6) is 5.75 Å². The summed E-state index contributed by atoms with van der Waals surface area (Å²) in [5.74, 6) is 0.128. The Labute approximate surface area is 126 Å². The number of hydrogen-bond acceptors (Lipinski definition) is 3. The first-order chi connectivity index (χ1) is 9.60. The molecule has 0 radical (unpaired) electrons. The number of halogens is 1. The lowest BCUT2D eigenvalue weighted by molar-refractivity contribution is 0.0693. The van der Waals surface area contributed by atoms with Crippen molar-refractivity contribution in [2.24, 2.45) is 0 Å². The van der Waals surface area contributed by atoms with Gasteiger partial charge in [-0.15, -0.1) is 11.8 Å². The minimum Gasteiger partial charge on any atom is -0.496 e. The van der Waals surface area contributed by atoms with Gasteiger partial charge in [0.15, 0.2) is 0 Å². The van der Waals surface area contributed by atoms with Gasteiger partial charge in [-0.3, -0.25) is 0 Å². The molecule has 2 aromatic carbocycles. The quantitative estimate of drug-likeness (QED) is 0.835. The number of carboxylic acids is 1. The standard InChI is InChI=1S/C15H13ClO3S/c1-19-14-8-10(2-7-13(14)15(17)18)9-20-12-5-3-11(16)4-6-12/h2-8H,9H2,1H3,(H,17,18). The third kappa shape index (κ3) is 3.68. The number of benzene rings is 2. The van der Waals surface area contributed by atoms with Crippen molar-refractivity contribution < 1.29 is 14.6 Å². The van der Waals surface area contributed by atoms with E-state index in [1.165, 1.54) is 7.11 Å². The van der Waals surface area contributed by atoms with Crippen molar-refractivity contribution in [3.63, 3.8) is 0 Å². The minimum absolute atomic E-state index is 0.174. The molecule has 1 N–H and O–H groups in total. The van der Waals surface area contributed by atoms with Crippen molar-refractivity contribution in [3.8, 4) is 5.75 Å². The lowest BCUT2D eigenvalue weighted by Crippen LogP contribution is -2.00. The van der Waals surface area contributed by atoms with E-state index in [1.807, 2.05) is 24.3 Å². The van der Waals surface area contributed by atoms with Crippen LogP contribution in [0.2, 0.25) is 5.02 Å². The number of hydrogen-bond donors (Lipinski definition) is 1. The van der Waals surface area contributed by atoms with E-state index >= 15 is 0 Å². The SMILES string of the molecule is COc1cc(CSc2ccc(Cl)cc2)ccc1C(=O)O. The summed E-state index contributed by atoms with van der Waals surface area (Å²) in [6, 6.07) is 12.7. The molecule has 104 valence electrons. The number of ether oxygens (including phenoxy) is 1.